The molecular weight excluding hydrogens is 282 g/mol. The monoisotopic (exact) mass is 309 g/mol. The van der Waals surface area contributed by atoms with Gasteiger partial charge in [0.15, 0.2) is 0 Å². The second-order valence-electron chi connectivity index (χ2n) is 6.00. The molecule has 0 saturated heterocycles. The molecule has 2 atom stereocenters. The van der Waals surface area contributed by atoms with E-state index in [0.717, 1.165) is 0 Å². The lowest BCUT2D eigenvalue weighted by atomic mass is 9.94. The number of hydrogen-bond acceptors (Lipinski definition) is 4. The van der Waals surface area contributed by atoms with E-state index >= 15 is 0 Å². The van der Waals surface area contributed by atoms with E-state index in [1.807, 2.05) is 38.2 Å². The number of nitrogens with one attached hydrogen (secondary N) is 2. The van der Waals surface area contributed by atoms with E-state index in [1.165, 1.54) is 0 Å². The molecule has 0 saturated carbocycles. The number of allylic oxidation sites excluding steroid dienone is 2. The molecule has 0 aromatic heterocycles. The van der Waals surface area contributed by atoms with Gasteiger partial charge in [-0.05, 0) is 31.7 Å². The van der Waals surface area contributed by atoms with Gasteiger partial charge in [0.2, 0.25) is 5.91 Å². The van der Waals surface area contributed by atoms with Crippen molar-refractivity contribution in [1.29, 1.82) is 0 Å². The second-order valence-corrected chi connectivity index (χ2v) is 6.00. The average molecular weight is 309 g/mol. The number of carboxylic acids is 1. The van der Waals surface area contributed by atoms with Crippen LogP contribution < -0.4 is 16.4 Å². The van der Waals surface area contributed by atoms with E-state index in [4.69, 9.17) is 5.73 Å². The molecule has 1 amide bonds. The van der Waals surface area contributed by atoms with Gasteiger partial charge in [0.1, 0.15) is 6.04 Å². The Morgan fingerprint density at radius 3 is 2.27 bits per heavy atom. The first-order valence-electron chi connectivity index (χ1n) is 7.67. The van der Waals surface area contributed by atoms with Gasteiger partial charge in [-0.2, -0.15) is 0 Å². The minimum Gasteiger partial charge on any atom is -0.480 e. The topological polar surface area (TPSA) is 104 Å². The Labute approximate surface area is 131 Å². The summed E-state index contributed by atoms with van der Waals surface area (Å²) in [6.45, 7) is 3.83. The van der Waals surface area contributed by atoms with E-state index < -0.39 is 18.1 Å². The van der Waals surface area contributed by atoms with Crippen molar-refractivity contribution in [2.45, 2.75) is 44.8 Å². The van der Waals surface area contributed by atoms with E-state index in [9.17, 15) is 14.7 Å². The number of hydrogen-bond donors (Lipinski definition) is 4. The van der Waals surface area contributed by atoms with Crippen LogP contribution in [0.4, 0.5) is 0 Å². The lowest BCUT2D eigenvalue weighted by Gasteiger charge is -2.23. The summed E-state index contributed by atoms with van der Waals surface area (Å²) in [4.78, 5) is 23.5. The van der Waals surface area contributed by atoms with Crippen molar-refractivity contribution in [3.63, 3.8) is 0 Å². The number of carboxylic acid groups (broad SMARTS) is 1. The van der Waals surface area contributed by atoms with E-state index in [2.05, 4.69) is 10.6 Å². The third-order valence-corrected chi connectivity index (χ3v) is 3.82. The van der Waals surface area contributed by atoms with Gasteiger partial charge in [-0.1, -0.05) is 38.2 Å². The summed E-state index contributed by atoms with van der Waals surface area (Å²) < 4.78 is 0. The zero-order valence-electron chi connectivity index (χ0n) is 13.5. The van der Waals surface area contributed by atoms with Crippen LogP contribution >= 0.6 is 0 Å². The first-order chi connectivity index (χ1) is 10.3. The molecule has 124 valence electrons. The summed E-state index contributed by atoms with van der Waals surface area (Å²) in [6.07, 6.45) is 8.79. The van der Waals surface area contributed by atoms with Crippen LogP contribution in [-0.4, -0.2) is 42.2 Å². The largest absolute Gasteiger partial charge is 0.480 e. The molecule has 6 heteroatoms. The highest BCUT2D eigenvalue weighted by molar-refractivity contribution is 5.87. The van der Waals surface area contributed by atoms with Crippen LogP contribution in [0.1, 0.15) is 26.7 Å². The molecular formula is C16H27N3O3. The lowest BCUT2D eigenvalue weighted by Crippen LogP contribution is -2.51. The maximum absolute atomic E-state index is 12.1. The molecule has 0 aromatic rings. The maximum atomic E-state index is 12.1. The molecule has 0 bridgehead atoms. The summed E-state index contributed by atoms with van der Waals surface area (Å²) in [7, 11) is 1.70. The molecule has 1 aliphatic rings. The van der Waals surface area contributed by atoms with Gasteiger partial charge in [-0.15, -0.1) is 0 Å². The number of carbonyl (C=O) groups is 2. The number of likely N-dealkylation sites (N-methyl/N-ethyl adjacent to an activating group) is 1. The highest BCUT2D eigenvalue weighted by atomic mass is 16.4. The number of rotatable bonds is 8. The Hall–Kier alpha value is -1.66. The number of nitrogens with two attached hydrogens (primary N) is 1. The summed E-state index contributed by atoms with van der Waals surface area (Å²) in [5.41, 5.74) is 5.71. The van der Waals surface area contributed by atoms with Crippen LogP contribution in [0.3, 0.4) is 0 Å². The number of amides is 1. The van der Waals surface area contributed by atoms with Crippen LogP contribution in [-0.2, 0) is 9.59 Å². The Balaban J connectivity index is 2.55. The third-order valence-electron chi connectivity index (χ3n) is 3.82. The summed E-state index contributed by atoms with van der Waals surface area (Å²) >= 11 is 0. The highest BCUT2D eigenvalue weighted by Crippen LogP contribution is 2.16. The molecule has 1 rings (SSSR count). The predicted molar refractivity (Wildman–Crippen MR) is 86.2 cm³/mol. The van der Waals surface area contributed by atoms with Crippen molar-refractivity contribution in [3.8, 4) is 0 Å². The molecule has 0 fully saturated rings. The first-order valence-corrected chi connectivity index (χ1v) is 7.67. The van der Waals surface area contributed by atoms with Crippen molar-refractivity contribution in [2.24, 2.45) is 17.6 Å². The standard InChI is InChI=1S/C16H27N3O3/c1-10(2)14(18-3)15(20)19-13(16(21)22)9-6-11-4-7-12(17)8-5-11/h4-5,7-8,10-14,18H,6,9,17H2,1-3H3,(H,19,20)(H,21,22). The molecule has 2 unspecified atom stereocenters. The van der Waals surface area contributed by atoms with Gasteiger partial charge in [-0.25, -0.2) is 4.79 Å². The molecule has 1 aliphatic carbocycles. The molecule has 0 heterocycles. The Bertz CT molecular complexity index is 432. The lowest BCUT2D eigenvalue weighted by molar-refractivity contribution is -0.142. The van der Waals surface area contributed by atoms with Gasteiger partial charge in [0, 0.05) is 6.04 Å². The molecule has 5 N–H and O–H groups in total. The first kappa shape index (κ1) is 18.4. The third kappa shape index (κ3) is 5.61. The van der Waals surface area contributed by atoms with Crippen LogP contribution in [0.5, 0.6) is 0 Å². The fraction of sp³-hybridized carbons (Fsp3) is 0.625. The minimum absolute atomic E-state index is 0.0614. The molecule has 0 aliphatic heterocycles. The highest BCUT2D eigenvalue weighted by Gasteiger charge is 2.26. The van der Waals surface area contributed by atoms with Crippen LogP contribution in [0.25, 0.3) is 0 Å². The average Bonchev–Trinajstić information content (AvgIpc) is 2.45. The zero-order valence-corrected chi connectivity index (χ0v) is 13.5. The summed E-state index contributed by atoms with van der Waals surface area (Å²) in [6, 6.07) is -1.33. The van der Waals surface area contributed by atoms with Gasteiger partial charge < -0.3 is 21.5 Å². The van der Waals surface area contributed by atoms with E-state index in [0.29, 0.717) is 12.8 Å². The number of carbonyl (C=O) groups excluding carboxylic acids is 1. The summed E-state index contributed by atoms with van der Waals surface area (Å²) in [5, 5.41) is 14.8. The fourth-order valence-corrected chi connectivity index (χ4v) is 2.51. The quantitative estimate of drug-likeness (QED) is 0.493. The van der Waals surface area contributed by atoms with Crippen molar-refractivity contribution in [3.05, 3.63) is 24.3 Å². The van der Waals surface area contributed by atoms with Gasteiger partial charge in [-0.3, -0.25) is 4.79 Å². The molecule has 22 heavy (non-hydrogen) atoms. The van der Waals surface area contributed by atoms with Gasteiger partial charge >= 0.3 is 5.97 Å². The van der Waals surface area contributed by atoms with Gasteiger partial charge in [0.05, 0.1) is 6.04 Å². The Morgan fingerprint density at radius 1 is 1.23 bits per heavy atom. The molecule has 0 radical (unpaired) electrons. The predicted octanol–water partition coefficient (Wildman–Crippen LogP) is 0.650. The van der Waals surface area contributed by atoms with Crippen molar-refractivity contribution in [2.75, 3.05) is 7.05 Å². The second kappa shape index (κ2) is 8.70. The fourth-order valence-electron chi connectivity index (χ4n) is 2.51. The van der Waals surface area contributed by atoms with E-state index in [-0.39, 0.29) is 23.8 Å². The van der Waals surface area contributed by atoms with Crippen molar-refractivity contribution >= 4 is 11.9 Å². The van der Waals surface area contributed by atoms with Crippen LogP contribution in [0, 0.1) is 11.8 Å². The Kier molecular flexibility index (Phi) is 7.27. The van der Waals surface area contributed by atoms with Gasteiger partial charge in [0.25, 0.3) is 0 Å². The molecule has 6 nitrogen and oxygen atoms in total. The zero-order chi connectivity index (χ0) is 16.7. The summed E-state index contributed by atoms with van der Waals surface area (Å²) in [5.74, 6) is -1.03. The van der Waals surface area contributed by atoms with Crippen molar-refractivity contribution < 1.29 is 14.7 Å². The molecule has 0 spiro atoms. The minimum atomic E-state index is -1.01. The Morgan fingerprint density at radius 2 is 1.82 bits per heavy atom. The van der Waals surface area contributed by atoms with Crippen LogP contribution in [0.15, 0.2) is 24.3 Å². The number of aliphatic carboxylic acids is 1. The maximum Gasteiger partial charge on any atom is 0.326 e. The van der Waals surface area contributed by atoms with E-state index in [1.54, 1.807) is 7.05 Å². The van der Waals surface area contributed by atoms with Crippen LogP contribution in [0.2, 0.25) is 0 Å². The normalized spacial score (nSPS) is 23.3. The smallest absolute Gasteiger partial charge is 0.326 e. The molecule has 0 aromatic carbocycles. The van der Waals surface area contributed by atoms with Crippen molar-refractivity contribution in [1.82, 2.24) is 10.6 Å². The SMILES string of the molecule is CNC(C(=O)NC(CCC1C=CC(N)C=C1)C(=O)O)C(C)C.